The van der Waals surface area contributed by atoms with E-state index >= 15 is 0 Å². The molecule has 0 unspecified atom stereocenters. The molecule has 2 heteroatoms. The van der Waals surface area contributed by atoms with Crippen molar-refractivity contribution in [3.05, 3.63) is 0 Å². The zero-order valence-electron chi connectivity index (χ0n) is 4.64. The minimum atomic E-state index is 0.0978. The van der Waals surface area contributed by atoms with Gasteiger partial charge >= 0.3 is 0 Å². The minimum absolute atomic E-state index is 0.0978. The SMILES string of the molecule is CSCCCC[O]. The van der Waals surface area contributed by atoms with Crippen LogP contribution in [0.4, 0.5) is 0 Å². The zero-order chi connectivity index (χ0) is 5.54. The fraction of sp³-hybridized carbons (Fsp3) is 1.00. The first-order chi connectivity index (χ1) is 3.41. The highest BCUT2D eigenvalue weighted by Crippen LogP contribution is 1.97. The van der Waals surface area contributed by atoms with Crippen LogP contribution in [-0.4, -0.2) is 18.6 Å². The molecule has 0 saturated carbocycles. The van der Waals surface area contributed by atoms with Crippen molar-refractivity contribution in [1.82, 2.24) is 0 Å². The molecular formula is C5H11OS. The molecule has 7 heavy (non-hydrogen) atoms. The average molecular weight is 119 g/mol. The Labute approximate surface area is 49.1 Å². The van der Waals surface area contributed by atoms with Crippen molar-refractivity contribution >= 4 is 11.8 Å². The first-order valence-electron chi connectivity index (χ1n) is 2.49. The van der Waals surface area contributed by atoms with E-state index in [1.807, 2.05) is 0 Å². The summed E-state index contributed by atoms with van der Waals surface area (Å²) in [6.07, 6.45) is 4.00. The maximum atomic E-state index is 9.80. The lowest BCUT2D eigenvalue weighted by Gasteiger charge is -1.89. The monoisotopic (exact) mass is 119 g/mol. The van der Waals surface area contributed by atoms with Crippen LogP contribution in [0.5, 0.6) is 0 Å². The summed E-state index contributed by atoms with van der Waals surface area (Å²) in [6.45, 7) is 0.0978. The molecule has 0 bridgehead atoms. The summed E-state index contributed by atoms with van der Waals surface area (Å²) < 4.78 is 0. The van der Waals surface area contributed by atoms with Crippen LogP contribution in [0.2, 0.25) is 0 Å². The summed E-state index contributed by atoms with van der Waals surface area (Å²) in [5.74, 6) is 1.14. The van der Waals surface area contributed by atoms with E-state index in [-0.39, 0.29) is 6.61 Å². The Morgan fingerprint density at radius 2 is 2.14 bits per heavy atom. The Kier molecular flexibility index (Phi) is 6.59. The molecule has 0 atom stereocenters. The molecule has 0 fully saturated rings. The van der Waals surface area contributed by atoms with E-state index in [2.05, 4.69) is 6.26 Å². The number of thioether (sulfide) groups is 1. The molecule has 0 saturated heterocycles. The lowest BCUT2D eigenvalue weighted by atomic mass is 10.4. The molecule has 0 aromatic carbocycles. The van der Waals surface area contributed by atoms with E-state index in [0.717, 1.165) is 18.6 Å². The van der Waals surface area contributed by atoms with Gasteiger partial charge in [-0.15, -0.1) is 0 Å². The number of hydrogen-bond donors (Lipinski definition) is 0. The van der Waals surface area contributed by atoms with Crippen molar-refractivity contribution in [3.8, 4) is 0 Å². The molecule has 43 valence electrons. The second kappa shape index (κ2) is 6.31. The summed E-state index contributed by atoms with van der Waals surface area (Å²) >= 11 is 1.80. The van der Waals surface area contributed by atoms with E-state index in [9.17, 15) is 5.11 Å². The highest BCUT2D eigenvalue weighted by molar-refractivity contribution is 7.98. The van der Waals surface area contributed by atoms with Crippen molar-refractivity contribution in [2.75, 3.05) is 18.6 Å². The van der Waals surface area contributed by atoms with Crippen LogP contribution in [0.15, 0.2) is 0 Å². The lowest BCUT2D eigenvalue weighted by molar-refractivity contribution is 0.188. The number of rotatable bonds is 4. The average Bonchev–Trinajstić information content (AvgIpc) is 1.69. The lowest BCUT2D eigenvalue weighted by Crippen LogP contribution is -1.81. The Bertz CT molecular complexity index is 27.3. The third-order valence-electron chi connectivity index (χ3n) is 0.743. The molecule has 0 aromatic heterocycles. The molecule has 0 aromatic rings. The van der Waals surface area contributed by atoms with Gasteiger partial charge in [-0.2, -0.15) is 11.8 Å². The summed E-state index contributed by atoms with van der Waals surface area (Å²) in [7, 11) is 0. The van der Waals surface area contributed by atoms with Gasteiger partial charge in [0.25, 0.3) is 0 Å². The zero-order valence-corrected chi connectivity index (χ0v) is 5.46. The number of unbranched alkanes of at least 4 members (excludes halogenated alkanes) is 1. The largest absolute Gasteiger partial charge is 0.237 e. The standard InChI is InChI=1S/C5H11OS/c1-7-5-3-2-4-6/h2-5H2,1H3. The first-order valence-corrected chi connectivity index (χ1v) is 3.88. The van der Waals surface area contributed by atoms with E-state index in [1.54, 1.807) is 11.8 Å². The van der Waals surface area contributed by atoms with Crippen molar-refractivity contribution in [3.63, 3.8) is 0 Å². The Morgan fingerprint density at radius 3 is 2.57 bits per heavy atom. The van der Waals surface area contributed by atoms with Gasteiger partial charge in [0.2, 0.25) is 0 Å². The molecular weight excluding hydrogens is 108 g/mol. The fourth-order valence-corrected chi connectivity index (χ4v) is 0.841. The smallest absolute Gasteiger partial charge is 0.0822 e. The van der Waals surface area contributed by atoms with Gasteiger partial charge in [0, 0.05) is 0 Å². The Morgan fingerprint density at radius 1 is 1.43 bits per heavy atom. The molecule has 0 amide bonds. The number of hydrogen-bond acceptors (Lipinski definition) is 1. The minimum Gasteiger partial charge on any atom is -0.237 e. The molecule has 0 heterocycles. The summed E-state index contributed by atoms with van der Waals surface area (Å²) in [6, 6.07) is 0. The van der Waals surface area contributed by atoms with Crippen LogP contribution in [0, 0.1) is 0 Å². The molecule has 0 N–H and O–H groups in total. The molecule has 0 spiro atoms. The molecule has 1 radical (unpaired) electrons. The van der Waals surface area contributed by atoms with Crippen LogP contribution in [-0.2, 0) is 5.11 Å². The van der Waals surface area contributed by atoms with E-state index in [0.29, 0.717) is 0 Å². The van der Waals surface area contributed by atoms with Crippen molar-refractivity contribution in [2.24, 2.45) is 0 Å². The van der Waals surface area contributed by atoms with Gasteiger partial charge in [-0.25, -0.2) is 5.11 Å². The Hall–Kier alpha value is 0.310. The van der Waals surface area contributed by atoms with Crippen LogP contribution < -0.4 is 0 Å². The van der Waals surface area contributed by atoms with Gasteiger partial charge < -0.3 is 0 Å². The van der Waals surface area contributed by atoms with Crippen LogP contribution >= 0.6 is 11.8 Å². The normalized spacial score (nSPS) is 9.43. The van der Waals surface area contributed by atoms with Crippen LogP contribution in [0.1, 0.15) is 12.8 Å². The summed E-state index contributed by atoms with van der Waals surface area (Å²) in [5, 5.41) is 9.80. The van der Waals surface area contributed by atoms with Crippen LogP contribution in [0.3, 0.4) is 0 Å². The molecule has 0 rings (SSSR count). The van der Waals surface area contributed by atoms with Gasteiger partial charge in [-0.1, -0.05) is 0 Å². The van der Waals surface area contributed by atoms with Crippen molar-refractivity contribution in [2.45, 2.75) is 12.8 Å². The van der Waals surface area contributed by atoms with Crippen LogP contribution in [0.25, 0.3) is 0 Å². The van der Waals surface area contributed by atoms with E-state index < -0.39 is 0 Å². The third-order valence-corrected chi connectivity index (χ3v) is 1.44. The highest BCUT2D eigenvalue weighted by Gasteiger charge is 1.82. The second-order valence-electron chi connectivity index (χ2n) is 1.40. The van der Waals surface area contributed by atoms with Gasteiger partial charge in [-0.3, -0.25) is 0 Å². The molecule has 0 aliphatic rings. The fourth-order valence-electron chi connectivity index (χ4n) is 0.348. The van der Waals surface area contributed by atoms with E-state index in [1.165, 1.54) is 0 Å². The van der Waals surface area contributed by atoms with Crippen molar-refractivity contribution < 1.29 is 5.11 Å². The topological polar surface area (TPSA) is 19.9 Å². The van der Waals surface area contributed by atoms with Gasteiger partial charge in [0.1, 0.15) is 0 Å². The predicted octanol–water partition coefficient (Wildman–Crippen LogP) is 1.56. The first kappa shape index (κ1) is 7.31. The van der Waals surface area contributed by atoms with Gasteiger partial charge in [0.15, 0.2) is 0 Å². The van der Waals surface area contributed by atoms with Crippen molar-refractivity contribution in [1.29, 1.82) is 0 Å². The van der Waals surface area contributed by atoms with Gasteiger partial charge in [-0.05, 0) is 24.9 Å². The summed E-state index contributed by atoms with van der Waals surface area (Å²) in [5.41, 5.74) is 0. The second-order valence-corrected chi connectivity index (χ2v) is 2.39. The third kappa shape index (κ3) is 6.31. The quantitative estimate of drug-likeness (QED) is 0.514. The van der Waals surface area contributed by atoms with Gasteiger partial charge in [0.05, 0.1) is 6.61 Å². The summed E-state index contributed by atoms with van der Waals surface area (Å²) in [4.78, 5) is 0. The molecule has 0 aliphatic heterocycles. The predicted molar refractivity (Wildman–Crippen MR) is 33.2 cm³/mol. The maximum absolute atomic E-state index is 9.80. The Balaban J connectivity index is 2.45. The molecule has 0 aliphatic carbocycles. The molecule has 1 nitrogen and oxygen atoms in total. The highest BCUT2D eigenvalue weighted by atomic mass is 32.2. The van der Waals surface area contributed by atoms with E-state index in [4.69, 9.17) is 0 Å². The maximum Gasteiger partial charge on any atom is 0.0822 e.